The summed E-state index contributed by atoms with van der Waals surface area (Å²) in [7, 11) is 1.65. The summed E-state index contributed by atoms with van der Waals surface area (Å²) in [5.41, 5.74) is 3.69. The zero-order chi connectivity index (χ0) is 13.3. The molecule has 0 aliphatic carbocycles. The predicted octanol–water partition coefficient (Wildman–Crippen LogP) is 3.64. The Kier molecular flexibility index (Phi) is 3.48. The molecule has 0 aliphatic rings. The Hall–Kier alpha value is -1.68. The van der Waals surface area contributed by atoms with Gasteiger partial charge in [0, 0.05) is 12.3 Å². The molecule has 0 radical (unpaired) electrons. The van der Waals surface area contributed by atoms with Crippen molar-refractivity contribution in [1.29, 1.82) is 0 Å². The molecule has 1 aromatic carbocycles. The lowest BCUT2D eigenvalue weighted by molar-refractivity contribution is 0.101. The lowest BCUT2D eigenvalue weighted by atomic mass is 10.1. The Labute approximate surface area is 110 Å². The van der Waals surface area contributed by atoms with E-state index in [1.165, 1.54) is 18.3 Å². The van der Waals surface area contributed by atoms with Crippen molar-refractivity contribution in [2.75, 3.05) is 7.11 Å². The van der Waals surface area contributed by atoms with E-state index in [1.54, 1.807) is 12.5 Å². The number of hydrogen-bond acceptors (Lipinski definition) is 4. The van der Waals surface area contributed by atoms with Gasteiger partial charge in [0.1, 0.15) is 16.5 Å². The van der Waals surface area contributed by atoms with Crippen LogP contribution in [0.5, 0.6) is 5.75 Å². The van der Waals surface area contributed by atoms with Crippen molar-refractivity contribution in [3.63, 3.8) is 0 Å². The van der Waals surface area contributed by atoms with Gasteiger partial charge in [-0.25, -0.2) is 4.98 Å². The van der Waals surface area contributed by atoms with E-state index in [-0.39, 0.29) is 5.78 Å². The van der Waals surface area contributed by atoms with Gasteiger partial charge in [-0.15, -0.1) is 11.3 Å². The highest BCUT2D eigenvalue weighted by atomic mass is 32.1. The first kappa shape index (κ1) is 12.8. The lowest BCUT2D eigenvalue weighted by Gasteiger charge is -2.10. The second-order valence-electron chi connectivity index (χ2n) is 4.26. The first-order valence-electron chi connectivity index (χ1n) is 5.65. The average molecular weight is 261 g/mol. The van der Waals surface area contributed by atoms with Crippen LogP contribution in [0.25, 0.3) is 10.6 Å². The van der Waals surface area contributed by atoms with E-state index < -0.39 is 0 Å². The van der Waals surface area contributed by atoms with Crippen LogP contribution in [0.15, 0.2) is 17.5 Å². The number of aryl methyl sites for hydroxylation is 2. The Morgan fingerprint density at radius 3 is 2.61 bits per heavy atom. The molecule has 0 fully saturated rings. The van der Waals surface area contributed by atoms with Crippen molar-refractivity contribution >= 4 is 17.1 Å². The van der Waals surface area contributed by atoms with Gasteiger partial charge in [-0.2, -0.15) is 0 Å². The highest BCUT2D eigenvalue weighted by molar-refractivity contribution is 7.13. The summed E-state index contributed by atoms with van der Waals surface area (Å²) in [5, 5.41) is 2.61. The number of rotatable bonds is 3. The third kappa shape index (κ3) is 2.29. The molecule has 0 unspecified atom stereocenters. The Bertz CT molecular complexity index is 602. The molecule has 0 saturated heterocycles. The van der Waals surface area contributed by atoms with Crippen LogP contribution in [0.4, 0.5) is 0 Å². The summed E-state index contributed by atoms with van der Waals surface area (Å²) in [6.45, 7) is 5.57. The Morgan fingerprint density at radius 2 is 2.06 bits per heavy atom. The molecule has 0 amide bonds. The van der Waals surface area contributed by atoms with Crippen LogP contribution in [0, 0.1) is 13.8 Å². The molecular weight excluding hydrogens is 246 g/mol. The molecule has 1 aromatic heterocycles. The van der Waals surface area contributed by atoms with Crippen molar-refractivity contribution in [2.45, 2.75) is 20.8 Å². The second-order valence-corrected chi connectivity index (χ2v) is 5.11. The number of carbonyl (C=O) groups excluding carboxylic acids is 1. The molecule has 0 bridgehead atoms. The molecule has 0 spiro atoms. The van der Waals surface area contributed by atoms with Crippen molar-refractivity contribution in [3.05, 3.63) is 34.3 Å². The van der Waals surface area contributed by atoms with E-state index in [0.29, 0.717) is 5.69 Å². The Morgan fingerprint density at radius 1 is 1.33 bits per heavy atom. The largest absolute Gasteiger partial charge is 0.496 e. The molecular formula is C14H15NO2S. The number of hydrogen-bond donors (Lipinski definition) is 0. The number of aromatic nitrogens is 1. The van der Waals surface area contributed by atoms with Gasteiger partial charge in [-0.1, -0.05) is 6.07 Å². The number of ketones is 1. The monoisotopic (exact) mass is 261 g/mol. The van der Waals surface area contributed by atoms with Crippen LogP contribution in [0.1, 0.15) is 28.5 Å². The highest BCUT2D eigenvalue weighted by Crippen LogP contribution is 2.35. The molecule has 94 valence electrons. The van der Waals surface area contributed by atoms with E-state index in [0.717, 1.165) is 27.4 Å². The fraction of sp³-hybridized carbons (Fsp3) is 0.286. The van der Waals surface area contributed by atoms with Crippen molar-refractivity contribution in [1.82, 2.24) is 4.98 Å². The van der Waals surface area contributed by atoms with E-state index in [1.807, 2.05) is 19.9 Å². The normalized spacial score (nSPS) is 10.4. The zero-order valence-corrected chi connectivity index (χ0v) is 11.7. The van der Waals surface area contributed by atoms with Gasteiger partial charge >= 0.3 is 0 Å². The fourth-order valence-electron chi connectivity index (χ4n) is 1.94. The first-order valence-corrected chi connectivity index (χ1v) is 6.53. The Balaban J connectivity index is 2.58. The summed E-state index contributed by atoms with van der Waals surface area (Å²) in [4.78, 5) is 15.7. The smallest absolute Gasteiger partial charge is 0.178 e. The van der Waals surface area contributed by atoms with Crippen molar-refractivity contribution in [3.8, 4) is 16.3 Å². The maximum absolute atomic E-state index is 11.3. The number of benzene rings is 1. The first-order chi connectivity index (χ1) is 8.52. The predicted molar refractivity (Wildman–Crippen MR) is 73.6 cm³/mol. The lowest BCUT2D eigenvalue weighted by Crippen LogP contribution is -1.94. The van der Waals surface area contributed by atoms with Gasteiger partial charge < -0.3 is 4.74 Å². The molecule has 1 heterocycles. The number of nitrogens with zero attached hydrogens (tertiary/aromatic N) is 1. The van der Waals surface area contributed by atoms with E-state index in [2.05, 4.69) is 11.1 Å². The minimum Gasteiger partial charge on any atom is -0.496 e. The molecule has 0 aliphatic heterocycles. The highest BCUT2D eigenvalue weighted by Gasteiger charge is 2.14. The number of thiazole rings is 1. The van der Waals surface area contributed by atoms with Crippen LogP contribution in [0.3, 0.4) is 0 Å². The third-order valence-corrected chi connectivity index (χ3v) is 3.59. The van der Waals surface area contributed by atoms with E-state index >= 15 is 0 Å². The van der Waals surface area contributed by atoms with Crippen LogP contribution in [-0.2, 0) is 0 Å². The molecule has 18 heavy (non-hydrogen) atoms. The number of methoxy groups -OCH3 is 1. The second kappa shape index (κ2) is 4.90. The maximum Gasteiger partial charge on any atom is 0.178 e. The average Bonchev–Trinajstić information content (AvgIpc) is 2.77. The molecule has 2 rings (SSSR count). The van der Waals surface area contributed by atoms with Gasteiger partial charge in [-0.3, -0.25) is 4.79 Å². The number of ether oxygens (including phenoxy) is 1. The molecule has 0 atom stereocenters. The van der Waals surface area contributed by atoms with Crippen LogP contribution < -0.4 is 4.74 Å². The van der Waals surface area contributed by atoms with Crippen LogP contribution in [-0.4, -0.2) is 17.9 Å². The molecule has 2 aromatic rings. The fourth-order valence-corrected chi connectivity index (χ4v) is 2.81. The van der Waals surface area contributed by atoms with Crippen molar-refractivity contribution in [2.24, 2.45) is 0 Å². The van der Waals surface area contributed by atoms with Gasteiger partial charge in [0.2, 0.25) is 0 Å². The SMILES string of the molecule is COc1c(C)cc(C)cc1-c1nc(C(C)=O)cs1. The van der Waals surface area contributed by atoms with Crippen LogP contribution >= 0.6 is 11.3 Å². The number of carbonyl (C=O) groups is 1. The van der Waals surface area contributed by atoms with E-state index in [9.17, 15) is 4.79 Å². The quantitative estimate of drug-likeness (QED) is 0.792. The van der Waals surface area contributed by atoms with Crippen molar-refractivity contribution < 1.29 is 9.53 Å². The molecule has 0 N–H and O–H groups in total. The maximum atomic E-state index is 11.3. The van der Waals surface area contributed by atoms with Gasteiger partial charge in [-0.05, 0) is 31.0 Å². The van der Waals surface area contributed by atoms with Gasteiger partial charge in [0.15, 0.2) is 5.78 Å². The topological polar surface area (TPSA) is 39.2 Å². The summed E-state index contributed by atoms with van der Waals surface area (Å²) >= 11 is 1.47. The molecule has 0 saturated carbocycles. The van der Waals surface area contributed by atoms with Crippen LogP contribution in [0.2, 0.25) is 0 Å². The van der Waals surface area contributed by atoms with Gasteiger partial charge in [0.05, 0.1) is 12.7 Å². The third-order valence-electron chi connectivity index (χ3n) is 2.72. The summed E-state index contributed by atoms with van der Waals surface area (Å²) in [5.74, 6) is 0.811. The summed E-state index contributed by atoms with van der Waals surface area (Å²) in [6, 6.07) is 4.11. The zero-order valence-electron chi connectivity index (χ0n) is 10.9. The minimum atomic E-state index is -0.0131. The summed E-state index contributed by atoms with van der Waals surface area (Å²) < 4.78 is 5.44. The van der Waals surface area contributed by atoms with Gasteiger partial charge in [0.25, 0.3) is 0 Å². The van der Waals surface area contributed by atoms with E-state index in [4.69, 9.17) is 4.74 Å². The standard InChI is InChI=1S/C14H15NO2S/c1-8-5-9(2)13(17-4)11(6-8)14-15-12(7-18-14)10(3)16/h5-7H,1-4H3. The molecule has 4 heteroatoms. The minimum absolute atomic E-state index is 0.0131. The number of Topliss-reactive ketones (excluding diaryl/α,β-unsaturated/α-hetero) is 1. The molecule has 3 nitrogen and oxygen atoms in total. The summed E-state index contributed by atoms with van der Waals surface area (Å²) in [6.07, 6.45) is 0.